The average Bonchev–Trinajstić information content (AvgIpc) is 2.34. The molecular formula is C14H19NO3S. The van der Waals surface area contributed by atoms with Gasteiger partial charge < -0.3 is 10.4 Å². The predicted molar refractivity (Wildman–Crippen MR) is 77.1 cm³/mol. The topological polar surface area (TPSA) is 66.4 Å². The van der Waals surface area contributed by atoms with Gasteiger partial charge in [-0.3, -0.25) is 4.79 Å². The highest BCUT2D eigenvalue weighted by Crippen LogP contribution is 2.31. The quantitative estimate of drug-likeness (QED) is 0.839. The van der Waals surface area contributed by atoms with E-state index in [2.05, 4.69) is 5.32 Å². The van der Waals surface area contributed by atoms with Gasteiger partial charge in [-0.1, -0.05) is 30.3 Å². The van der Waals surface area contributed by atoms with Crippen LogP contribution in [0.15, 0.2) is 30.3 Å². The van der Waals surface area contributed by atoms with Crippen LogP contribution in [-0.4, -0.2) is 27.8 Å². The molecule has 1 aromatic rings. The van der Waals surface area contributed by atoms with Crippen molar-refractivity contribution in [1.29, 1.82) is 0 Å². The fraction of sp³-hybridized carbons (Fsp3) is 0.429. The van der Waals surface area contributed by atoms with Gasteiger partial charge in [0, 0.05) is 17.4 Å². The van der Waals surface area contributed by atoms with Gasteiger partial charge in [0.2, 0.25) is 5.91 Å². The number of hydrogen-bond donors (Lipinski definition) is 2. The summed E-state index contributed by atoms with van der Waals surface area (Å²) in [6.45, 7) is 4.98. The molecule has 5 heteroatoms. The highest BCUT2D eigenvalue weighted by atomic mass is 32.2. The molecule has 0 aliphatic carbocycles. The molecule has 0 aromatic heterocycles. The van der Waals surface area contributed by atoms with E-state index in [1.165, 1.54) is 18.7 Å². The smallest absolute Gasteiger partial charge is 0.327 e. The van der Waals surface area contributed by atoms with Crippen LogP contribution in [0.3, 0.4) is 0 Å². The van der Waals surface area contributed by atoms with E-state index in [-0.39, 0.29) is 5.91 Å². The third-order valence-electron chi connectivity index (χ3n) is 2.74. The van der Waals surface area contributed by atoms with Crippen molar-refractivity contribution in [2.45, 2.75) is 37.3 Å². The number of rotatable bonds is 6. The van der Waals surface area contributed by atoms with Crippen molar-refractivity contribution in [2.75, 3.05) is 0 Å². The van der Waals surface area contributed by atoms with E-state index in [0.29, 0.717) is 5.75 Å². The van der Waals surface area contributed by atoms with Crippen LogP contribution in [0.5, 0.6) is 0 Å². The maximum absolute atomic E-state index is 11.3. The molecule has 0 radical (unpaired) electrons. The van der Waals surface area contributed by atoms with E-state index < -0.39 is 16.8 Å². The van der Waals surface area contributed by atoms with E-state index in [4.69, 9.17) is 0 Å². The van der Waals surface area contributed by atoms with Gasteiger partial charge in [0.15, 0.2) is 0 Å². The summed E-state index contributed by atoms with van der Waals surface area (Å²) < 4.78 is -0.590. The zero-order valence-electron chi connectivity index (χ0n) is 11.3. The number of benzene rings is 1. The summed E-state index contributed by atoms with van der Waals surface area (Å²) in [7, 11) is 0. The van der Waals surface area contributed by atoms with Gasteiger partial charge in [-0.25, -0.2) is 4.79 Å². The lowest BCUT2D eigenvalue weighted by molar-refractivity contribution is -0.142. The number of carboxylic acid groups (broad SMARTS) is 1. The summed E-state index contributed by atoms with van der Waals surface area (Å²) in [6, 6.07) is 8.93. The summed E-state index contributed by atoms with van der Waals surface area (Å²) in [4.78, 5) is 22.4. The Kier molecular flexibility index (Phi) is 5.42. The number of thioether (sulfide) groups is 1. The third-order valence-corrected chi connectivity index (χ3v) is 4.20. The van der Waals surface area contributed by atoms with Gasteiger partial charge in [0.05, 0.1) is 0 Å². The van der Waals surface area contributed by atoms with Crippen LogP contribution < -0.4 is 5.32 Å². The normalized spacial score (nSPS) is 12.8. The first-order valence-corrected chi connectivity index (χ1v) is 6.99. The Balaban J connectivity index is 2.71. The summed E-state index contributed by atoms with van der Waals surface area (Å²) in [6.07, 6.45) is 0. The summed E-state index contributed by atoms with van der Waals surface area (Å²) in [5.74, 6) is -0.640. The minimum Gasteiger partial charge on any atom is -0.480 e. The molecule has 0 spiro atoms. The Bertz CT molecular complexity index is 445. The lowest BCUT2D eigenvalue weighted by atomic mass is 10.0. The summed E-state index contributed by atoms with van der Waals surface area (Å²) in [5, 5.41) is 11.7. The molecule has 0 fully saturated rings. The minimum atomic E-state index is -1.01. The molecule has 19 heavy (non-hydrogen) atoms. The van der Waals surface area contributed by atoms with Crippen LogP contribution in [0, 0.1) is 0 Å². The average molecular weight is 281 g/mol. The standard InChI is InChI=1S/C14H19NO3S/c1-10(16)15-12(13(17)18)14(2,3)19-9-11-7-5-4-6-8-11/h4-8,12H,9H2,1-3H3,(H,15,16)(H,17,18). The Hall–Kier alpha value is -1.49. The minimum absolute atomic E-state index is 0.333. The van der Waals surface area contributed by atoms with Crippen LogP contribution in [0.1, 0.15) is 26.3 Å². The Labute approximate surface area is 117 Å². The second-order valence-electron chi connectivity index (χ2n) is 4.85. The van der Waals surface area contributed by atoms with E-state index in [0.717, 1.165) is 5.56 Å². The zero-order chi connectivity index (χ0) is 14.5. The Morgan fingerprint density at radius 1 is 1.32 bits per heavy atom. The molecule has 0 heterocycles. The molecule has 0 aliphatic rings. The number of aliphatic carboxylic acids is 1. The number of nitrogens with one attached hydrogen (secondary N) is 1. The second kappa shape index (κ2) is 6.61. The van der Waals surface area contributed by atoms with Crippen LogP contribution in [0.2, 0.25) is 0 Å². The molecule has 1 amide bonds. The van der Waals surface area contributed by atoms with Crippen molar-refractivity contribution in [3.63, 3.8) is 0 Å². The van der Waals surface area contributed by atoms with Crippen LogP contribution >= 0.6 is 11.8 Å². The Morgan fingerprint density at radius 2 is 1.89 bits per heavy atom. The third kappa shape index (κ3) is 4.95. The molecule has 0 bridgehead atoms. The molecule has 0 aliphatic heterocycles. The molecule has 2 N–H and O–H groups in total. The van der Waals surface area contributed by atoms with Gasteiger partial charge >= 0.3 is 5.97 Å². The molecule has 104 valence electrons. The molecule has 1 unspecified atom stereocenters. The summed E-state index contributed by atoms with van der Waals surface area (Å²) in [5.41, 5.74) is 1.13. The Morgan fingerprint density at radius 3 is 2.37 bits per heavy atom. The van der Waals surface area contributed by atoms with Crippen LogP contribution in [0.25, 0.3) is 0 Å². The molecular weight excluding hydrogens is 262 g/mol. The number of carbonyl (C=O) groups excluding carboxylic acids is 1. The first kappa shape index (κ1) is 15.6. The van der Waals surface area contributed by atoms with Gasteiger partial charge in [0.1, 0.15) is 6.04 Å². The maximum atomic E-state index is 11.3. The molecule has 0 saturated carbocycles. The fourth-order valence-corrected chi connectivity index (χ4v) is 2.72. The molecule has 4 nitrogen and oxygen atoms in total. The second-order valence-corrected chi connectivity index (χ2v) is 6.48. The first-order chi connectivity index (χ1) is 8.83. The van der Waals surface area contributed by atoms with Crippen LogP contribution in [-0.2, 0) is 15.3 Å². The lowest BCUT2D eigenvalue weighted by Crippen LogP contribution is -2.52. The van der Waals surface area contributed by atoms with Crippen molar-refractivity contribution < 1.29 is 14.7 Å². The number of amides is 1. The van der Waals surface area contributed by atoms with E-state index in [9.17, 15) is 14.7 Å². The lowest BCUT2D eigenvalue weighted by Gasteiger charge is -2.31. The van der Waals surface area contributed by atoms with Gasteiger partial charge in [-0.2, -0.15) is 0 Å². The monoisotopic (exact) mass is 281 g/mol. The van der Waals surface area contributed by atoms with Gasteiger partial charge in [0.25, 0.3) is 0 Å². The molecule has 1 aromatic carbocycles. The maximum Gasteiger partial charge on any atom is 0.327 e. The van der Waals surface area contributed by atoms with E-state index in [1.807, 2.05) is 44.2 Å². The fourth-order valence-electron chi connectivity index (χ4n) is 1.66. The van der Waals surface area contributed by atoms with Crippen molar-refractivity contribution in [1.82, 2.24) is 5.32 Å². The van der Waals surface area contributed by atoms with Gasteiger partial charge in [-0.15, -0.1) is 11.8 Å². The van der Waals surface area contributed by atoms with Crippen molar-refractivity contribution in [2.24, 2.45) is 0 Å². The first-order valence-electron chi connectivity index (χ1n) is 6.00. The highest BCUT2D eigenvalue weighted by molar-refractivity contribution is 7.99. The van der Waals surface area contributed by atoms with Crippen molar-refractivity contribution >= 4 is 23.6 Å². The predicted octanol–water partition coefficient (Wildman–Crippen LogP) is 2.29. The zero-order valence-corrected chi connectivity index (χ0v) is 12.2. The number of carbonyl (C=O) groups is 2. The van der Waals surface area contributed by atoms with Gasteiger partial charge in [-0.05, 0) is 19.4 Å². The highest BCUT2D eigenvalue weighted by Gasteiger charge is 2.36. The van der Waals surface area contributed by atoms with Crippen LogP contribution in [0.4, 0.5) is 0 Å². The number of carboxylic acids is 1. The summed E-state index contributed by atoms with van der Waals surface area (Å²) >= 11 is 1.51. The van der Waals surface area contributed by atoms with E-state index in [1.54, 1.807) is 0 Å². The number of hydrogen-bond acceptors (Lipinski definition) is 3. The molecule has 0 saturated heterocycles. The molecule has 1 rings (SSSR count). The van der Waals surface area contributed by atoms with E-state index >= 15 is 0 Å². The molecule has 1 atom stereocenters. The van der Waals surface area contributed by atoms with Crippen molar-refractivity contribution in [3.05, 3.63) is 35.9 Å². The largest absolute Gasteiger partial charge is 0.480 e. The SMILES string of the molecule is CC(=O)NC(C(=O)O)C(C)(C)SCc1ccccc1. The van der Waals surface area contributed by atoms with Crippen molar-refractivity contribution in [3.8, 4) is 0 Å².